The van der Waals surface area contributed by atoms with Crippen LogP contribution in [0, 0.1) is 6.92 Å². The number of nitrogens with zero attached hydrogens (tertiary/aromatic N) is 6. The Morgan fingerprint density at radius 1 is 0.789 bits per heavy atom. The number of hydrogen-bond donors (Lipinski definition) is 1. The molecule has 1 N–H and O–H groups in total. The molecule has 0 radical (unpaired) electrons. The van der Waals surface area contributed by atoms with Gasteiger partial charge in [-0.25, -0.2) is 9.50 Å². The maximum atomic E-state index is 5.52. The highest BCUT2D eigenvalue weighted by Crippen LogP contribution is 2.32. The minimum atomic E-state index is 0.765. The Balaban J connectivity index is 1.23. The molecule has 0 aliphatic carbocycles. The van der Waals surface area contributed by atoms with Crippen LogP contribution < -0.4 is 15.1 Å². The first-order chi connectivity index (χ1) is 18.7. The summed E-state index contributed by atoms with van der Waals surface area (Å²) < 4.78 is 7.47. The SMILES string of the molecule is Cc1nn2c(-c3ccnc4cc(N5CCOCC5)ccc34)cnc2cc1-c1ccc(N2CCNCC2)cc1. The smallest absolute Gasteiger partial charge is 0.154 e. The van der Waals surface area contributed by atoms with Crippen LogP contribution in [0.5, 0.6) is 0 Å². The molecule has 0 saturated carbocycles. The van der Waals surface area contributed by atoms with Crippen LogP contribution in [0.4, 0.5) is 11.4 Å². The molecule has 2 aliphatic rings. The van der Waals surface area contributed by atoms with E-state index >= 15 is 0 Å². The molecule has 0 unspecified atom stereocenters. The molecule has 0 amide bonds. The zero-order valence-electron chi connectivity index (χ0n) is 21.6. The molecular formula is C30H31N7O. The van der Waals surface area contributed by atoms with Gasteiger partial charge >= 0.3 is 0 Å². The molecule has 192 valence electrons. The van der Waals surface area contributed by atoms with Gasteiger partial charge in [0.1, 0.15) is 0 Å². The Morgan fingerprint density at radius 2 is 1.55 bits per heavy atom. The number of aromatic nitrogens is 4. The van der Waals surface area contributed by atoms with E-state index in [-0.39, 0.29) is 0 Å². The quantitative estimate of drug-likeness (QED) is 0.393. The average molecular weight is 506 g/mol. The highest BCUT2D eigenvalue weighted by molar-refractivity contribution is 5.95. The molecule has 0 atom stereocenters. The van der Waals surface area contributed by atoms with Crippen molar-refractivity contribution < 1.29 is 4.74 Å². The lowest BCUT2D eigenvalue weighted by molar-refractivity contribution is 0.122. The van der Waals surface area contributed by atoms with Gasteiger partial charge in [-0.15, -0.1) is 0 Å². The Kier molecular flexibility index (Phi) is 5.91. The molecule has 0 spiro atoms. The molecule has 8 heteroatoms. The Morgan fingerprint density at radius 3 is 2.37 bits per heavy atom. The van der Waals surface area contributed by atoms with E-state index < -0.39 is 0 Å². The normalized spacial score (nSPS) is 16.4. The van der Waals surface area contributed by atoms with Crippen molar-refractivity contribution in [2.45, 2.75) is 6.92 Å². The third-order valence-electron chi connectivity index (χ3n) is 7.72. The molecule has 5 heterocycles. The molecule has 2 saturated heterocycles. The number of morpholine rings is 1. The molecule has 2 aromatic carbocycles. The number of hydrogen-bond acceptors (Lipinski definition) is 7. The van der Waals surface area contributed by atoms with Gasteiger partial charge in [-0.05, 0) is 48.9 Å². The summed E-state index contributed by atoms with van der Waals surface area (Å²) in [5.74, 6) is 0. The fraction of sp³-hybridized carbons (Fsp3) is 0.300. The van der Waals surface area contributed by atoms with E-state index in [2.05, 4.69) is 81.6 Å². The minimum Gasteiger partial charge on any atom is -0.378 e. The third kappa shape index (κ3) is 4.15. The van der Waals surface area contributed by atoms with E-state index in [9.17, 15) is 0 Å². The maximum absolute atomic E-state index is 5.52. The van der Waals surface area contributed by atoms with Gasteiger partial charge < -0.3 is 19.9 Å². The lowest BCUT2D eigenvalue weighted by Crippen LogP contribution is -2.43. The summed E-state index contributed by atoms with van der Waals surface area (Å²) >= 11 is 0. The van der Waals surface area contributed by atoms with Crippen LogP contribution in [0.1, 0.15) is 5.69 Å². The molecule has 7 rings (SSSR count). The van der Waals surface area contributed by atoms with Gasteiger partial charge in [0.15, 0.2) is 5.65 Å². The molecule has 2 aliphatic heterocycles. The summed E-state index contributed by atoms with van der Waals surface area (Å²) in [4.78, 5) is 14.2. The van der Waals surface area contributed by atoms with Crippen LogP contribution in [0.3, 0.4) is 0 Å². The number of aryl methyl sites for hydroxylation is 1. The van der Waals surface area contributed by atoms with E-state index in [1.165, 1.54) is 11.4 Å². The van der Waals surface area contributed by atoms with Gasteiger partial charge in [0.25, 0.3) is 0 Å². The molecule has 38 heavy (non-hydrogen) atoms. The fourth-order valence-electron chi connectivity index (χ4n) is 5.63. The van der Waals surface area contributed by atoms with Crippen molar-refractivity contribution in [2.75, 3.05) is 62.3 Å². The van der Waals surface area contributed by atoms with Crippen molar-refractivity contribution in [3.63, 3.8) is 0 Å². The largest absolute Gasteiger partial charge is 0.378 e. The molecule has 0 bridgehead atoms. The summed E-state index contributed by atoms with van der Waals surface area (Å²) in [6.45, 7) is 9.56. The number of rotatable bonds is 4. The van der Waals surface area contributed by atoms with Crippen molar-refractivity contribution in [1.82, 2.24) is 24.9 Å². The van der Waals surface area contributed by atoms with Crippen LogP contribution in [0.25, 0.3) is 38.9 Å². The number of piperazine rings is 1. The van der Waals surface area contributed by atoms with Gasteiger partial charge in [0.2, 0.25) is 0 Å². The van der Waals surface area contributed by atoms with Crippen LogP contribution in [0.2, 0.25) is 0 Å². The van der Waals surface area contributed by atoms with Crippen molar-refractivity contribution in [3.8, 4) is 22.4 Å². The Bertz CT molecular complexity index is 1600. The third-order valence-corrected chi connectivity index (χ3v) is 7.72. The topological polar surface area (TPSA) is 70.8 Å². The van der Waals surface area contributed by atoms with Gasteiger partial charge in [-0.3, -0.25) is 4.98 Å². The van der Waals surface area contributed by atoms with E-state index in [4.69, 9.17) is 14.8 Å². The van der Waals surface area contributed by atoms with Crippen molar-refractivity contribution in [1.29, 1.82) is 0 Å². The summed E-state index contributed by atoms with van der Waals surface area (Å²) in [5, 5.41) is 9.50. The number of nitrogens with one attached hydrogen (secondary N) is 1. The Labute approximate surface area is 221 Å². The molecule has 3 aromatic heterocycles. The first-order valence-electron chi connectivity index (χ1n) is 13.4. The predicted octanol–water partition coefficient (Wildman–Crippen LogP) is 4.17. The van der Waals surface area contributed by atoms with Gasteiger partial charge in [0.05, 0.1) is 36.3 Å². The summed E-state index contributed by atoms with van der Waals surface area (Å²) in [6.07, 6.45) is 3.80. The minimum absolute atomic E-state index is 0.765. The fourth-order valence-corrected chi connectivity index (χ4v) is 5.63. The second-order valence-corrected chi connectivity index (χ2v) is 10.0. The number of benzene rings is 2. The Hall–Kier alpha value is -4.01. The molecule has 5 aromatic rings. The number of pyridine rings is 1. The lowest BCUT2D eigenvalue weighted by atomic mass is 10.0. The zero-order chi connectivity index (χ0) is 25.5. The second kappa shape index (κ2) is 9.70. The van der Waals surface area contributed by atoms with E-state index in [1.807, 2.05) is 16.9 Å². The monoisotopic (exact) mass is 505 g/mol. The number of ether oxygens (including phenoxy) is 1. The first-order valence-corrected chi connectivity index (χ1v) is 13.4. The zero-order valence-corrected chi connectivity index (χ0v) is 21.6. The standard InChI is InChI=1S/C30H31N7O/c1-21-27(22-2-4-23(5-3-22)35-12-10-31-11-13-35)19-30-33-20-29(37(30)34-21)26-8-9-32-28-18-24(6-7-25(26)28)36-14-16-38-17-15-36/h2-9,18-20,31H,10-17H2,1H3. The molecule has 8 nitrogen and oxygen atoms in total. The van der Waals surface area contributed by atoms with Crippen molar-refractivity contribution in [3.05, 3.63) is 72.7 Å². The number of anilines is 2. The number of fused-ring (bicyclic) bond motifs is 2. The van der Waals surface area contributed by atoms with E-state index in [0.29, 0.717) is 0 Å². The molecular weight excluding hydrogens is 474 g/mol. The van der Waals surface area contributed by atoms with Crippen LogP contribution in [-0.4, -0.2) is 72.1 Å². The van der Waals surface area contributed by atoms with Crippen LogP contribution in [-0.2, 0) is 4.74 Å². The van der Waals surface area contributed by atoms with E-state index in [0.717, 1.165) is 97.1 Å². The summed E-state index contributed by atoms with van der Waals surface area (Å²) in [5.41, 5.74) is 9.55. The highest BCUT2D eigenvalue weighted by atomic mass is 16.5. The van der Waals surface area contributed by atoms with Gasteiger partial charge in [-0.1, -0.05) is 18.2 Å². The van der Waals surface area contributed by atoms with Crippen molar-refractivity contribution >= 4 is 27.9 Å². The van der Waals surface area contributed by atoms with E-state index in [1.54, 1.807) is 0 Å². The lowest BCUT2D eigenvalue weighted by Gasteiger charge is -2.29. The number of imidazole rings is 1. The van der Waals surface area contributed by atoms with Gasteiger partial charge in [-0.2, -0.15) is 5.10 Å². The average Bonchev–Trinajstić information content (AvgIpc) is 3.39. The van der Waals surface area contributed by atoms with Gasteiger partial charge in [0, 0.05) is 73.4 Å². The highest BCUT2D eigenvalue weighted by Gasteiger charge is 2.17. The summed E-state index contributed by atoms with van der Waals surface area (Å²) in [6, 6.07) is 19.6. The first kappa shape index (κ1) is 23.1. The van der Waals surface area contributed by atoms with Crippen LogP contribution >= 0.6 is 0 Å². The second-order valence-electron chi connectivity index (χ2n) is 10.0. The van der Waals surface area contributed by atoms with Crippen molar-refractivity contribution in [2.24, 2.45) is 0 Å². The van der Waals surface area contributed by atoms with Crippen LogP contribution in [0.15, 0.2) is 67.0 Å². The summed E-state index contributed by atoms with van der Waals surface area (Å²) in [7, 11) is 0. The maximum Gasteiger partial charge on any atom is 0.154 e. The molecule has 2 fully saturated rings. The predicted molar refractivity (Wildman–Crippen MR) is 152 cm³/mol.